The number of carbonyl (C=O) groups excluding carboxylic acids is 2. The molecule has 3 aromatic rings. The van der Waals surface area contributed by atoms with Crippen molar-refractivity contribution in [1.82, 2.24) is 0 Å². The molecule has 0 fully saturated rings. The van der Waals surface area contributed by atoms with Gasteiger partial charge in [-0.3, -0.25) is 4.90 Å². The summed E-state index contributed by atoms with van der Waals surface area (Å²) >= 11 is 0. The van der Waals surface area contributed by atoms with Gasteiger partial charge < -0.3 is 19.9 Å². The van der Waals surface area contributed by atoms with Crippen LogP contribution < -0.4 is 15.4 Å². The number of carbonyl (C=O) groups is 2. The fraction of sp³-hybridized carbons (Fsp3) is 0.107. The van der Waals surface area contributed by atoms with Crippen LogP contribution in [0.25, 0.3) is 0 Å². The maximum Gasteiger partial charge on any atom is 0.355 e. The first-order chi connectivity index (χ1) is 17.5. The minimum absolute atomic E-state index is 0.00358. The molecule has 180 valence electrons. The summed E-state index contributed by atoms with van der Waals surface area (Å²) in [6.45, 7) is 0. The molecule has 1 aliphatic heterocycles. The van der Waals surface area contributed by atoms with Crippen molar-refractivity contribution in [3.63, 3.8) is 0 Å². The Balaban J connectivity index is 1.88. The summed E-state index contributed by atoms with van der Waals surface area (Å²) in [6.07, 6.45) is 0. The Morgan fingerprint density at radius 3 is 1.94 bits per heavy atom. The number of nitrogens with zero attached hydrogens (tertiary/aromatic N) is 2. The van der Waals surface area contributed by atoms with Gasteiger partial charge in [-0.2, -0.15) is 5.26 Å². The molecule has 0 radical (unpaired) electrons. The number of anilines is 1. The lowest BCUT2D eigenvalue weighted by Gasteiger charge is -2.35. The van der Waals surface area contributed by atoms with Gasteiger partial charge in [-0.05, 0) is 42.0 Å². The average Bonchev–Trinajstić information content (AvgIpc) is 2.93. The summed E-state index contributed by atoms with van der Waals surface area (Å²) in [5, 5.41) is 10.1. The molecule has 1 aliphatic rings. The van der Waals surface area contributed by atoms with Crippen molar-refractivity contribution in [3.05, 3.63) is 113 Å². The zero-order valence-corrected chi connectivity index (χ0v) is 19.7. The number of esters is 2. The second kappa shape index (κ2) is 10.5. The van der Waals surface area contributed by atoms with Crippen LogP contribution in [0.15, 0.2) is 108 Å². The van der Waals surface area contributed by atoms with E-state index in [9.17, 15) is 14.9 Å². The summed E-state index contributed by atoms with van der Waals surface area (Å²) < 4.78 is 15.9. The van der Waals surface area contributed by atoms with Gasteiger partial charge in [0.05, 0.1) is 37.4 Å². The van der Waals surface area contributed by atoms with Gasteiger partial charge in [-0.25, -0.2) is 9.59 Å². The molecule has 3 aromatic carbocycles. The van der Waals surface area contributed by atoms with Gasteiger partial charge in [0.25, 0.3) is 0 Å². The number of rotatable bonds is 6. The molecule has 36 heavy (non-hydrogen) atoms. The molecule has 0 saturated heterocycles. The van der Waals surface area contributed by atoms with E-state index in [0.29, 0.717) is 22.7 Å². The number of hydrogen-bond acceptors (Lipinski definition) is 8. The highest BCUT2D eigenvalue weighted by Crippen LogP contribution is 2.43. The number of hydrogen-bond donors (Lipinski definition) is 1. The molecule has 0 aromatic heterocycles. The fourth-order valence-electron chi connectivity index (χ4n) is 4.07. The highest BCUT2D eigenvalue weighted by Gasteiger charge is 2.42. The van der Waals surface area contributed by atoms with Gasteiger partial charge >= 0.3 is 11.9 Å². The van der Waals surface area contributed by atoms with E-state index in [2.05, 4.69) is 6.07 Å². The topological polar surface area (TPSA) is 115 Å². The monoisotopic (exact) mass is 481 g/mol. The highest BCUT2D eigenvalue weighted by atomic mass is 16.5. The summed E-state index contributed by atoms with van der Waals surface area (Å²) in [7, 11) is 2.41. The number of methoxy groups -OCH3 is 2. The van der Waals surface area contributed by atoms with Crippen LogP contribution in [-0.2, 0) is 19.1 Å². The van der Waals surface area contributed by atoms with Crippen LogP contribution in [0.4, 0.5) is 5.69 Å². The SMILES string of the molecule is COC(=O)C1=C(C(=O)OC)N(c2ccc(Oc3ccccc3)cc2)C(N)=C(C#N)C1c1ccccc1. The Morgan fingerprint density at radius 2 is 1.39 bits per heavy atom. The third-order valence-corrected chi connectivity index (χ3v) is 5.68. The lowest BCUT2D eigenvalue weighted by Crippen LogP contribution is -2.40. The number of nitriles is 1. The second-order valence-electron chi connectivity index (χ2n) is 7.74. The molecule has 4 rings (SSSR count). The summed E-state index contributed by atoms with van der Waals surface area (Å²) in [5.74, 6) is -1.31. The normalized spacial score (nSPS) is 15.2. The zero-order chi connectivity index (χ0) is 25.7. The lowest BCUT2D eigenvalue weighted by atomic mass is 9.81. The number of ether oxygens (including phenoxy) is 3. The molecule has 0 aliphatic carbocycles. The van der Waals surface area contributed by atoms with Gasteiger partial charge in [0.2, 0.25) is 0 Å². The van der Waals surface area contributed by atoms with Crippen molar-refractivity contribution in [1.29, 1.82) is 5.26 Å². The molecular weight excluding hydrogens is 458 g/mol. The van der Waals surface area contributed by atoms with Crippen molar-refractivity contribution >= 4 is 17.6 Å². The molecule has 0 saturated carbocycles. The van der Waals surface area contributed by atoms with Crippen LogP contribution in [0.1, 0.15) is 11.5 Å². The Morgan fingerprint density at radius 1 is 0.833 bits per heavy atom. The number of nitrogens with two attached hydrogens (primary N) is 1. The van der Waals surface area contributed by atoms with Gasteiger partial charge in [-0.15, -0.1) is 0 Å². The minimum atomic E-state index is -0.922. The Hall–Kier alpha value is -5.03. The van der Waals surface area contributed by atoms with E-state index in [4.69, 9.17) is 19.9 Å². The Bertz CT molecular complexity index is 1370. The number of benzene rings is 3. The van der Waals surface area contributed by atoms with Gasteiger partial charge in [-0.1, -0.05) is 48.5 Å². The van der Waals surface area contributed by atoms with Crippen LogP contribution in [0.5, 0.6) is 11.5 Å². The predicted octanol–water partition coefficient (Wildman–Crippen LogP) is 4.38. The molecule has 1 heterocycles. The largest absolute Gasteiger partial charge is 0.466 e. The van der Waals surface area contributed by atoms with E-state index in [1.165, 1.54) is 19.1 Å². The van der Waals surface area contributed by atoms with Crippen LogP contribution in [0.2, 0.25) is 0 Å². The zero-order valence-electron chi connectivity index (χ0n) is 19.7. The van der Waals surface area contributed by atoms with E-state index < -0.39 is 17.9 Å². The van der Waals surface area contributed by atoms with Crippen molar-refractivity contribution in [2.24, 2.45) is 5.73 Å². The average molecular weight is 482 g/mol. The van der Waals surface area contributed by atoms with E-state index in [1.807, 2.05) is 30.3 Å². The van der Waals surface area contributed by atoms with E-state index in [0.717, 1.165) is 0 Å². The Labute approximate surface area is 208 Å². The lowest BCUT2D eigenvalue weighted by molar-refractivity contribution is -0.139. The van der Waals surface area contributed by atoms with Crippen molar-refractivity contribution in [2.45, 2.75) is 5.92 Å². The first-order valence-corrected chi connectivity index (χ1v) is 11.0. The first kappa shape index (κ1) is 24.1. The van der Waals surface area contributed by atoms with Crippen LogP contribution in [0.3, 0.4) is 0 Å². The molecule has 0 amide bonds. The summed E-state index contributed by atoms with van der Waals surface area (Å²) in [4.78, 5) is 27.5. The first-order valence-electron chi connectivity index (χ1n) is 11.0. The molecule has 8 heteroatoms. The van der Waals surface area contributed by atoms with E-state index >= 15 is 0 Å². The fourth-order valence-corrected chi connectivity index (χ4v) is 4.07. The molecule has 2 N–H and O–H groups in total. The molecule has 0 spiro atoms. The van der Waals surface area contributed by atoms with Crippen molar-refractivity contribution in [2.75, 3.05) is 19.1 Å². The van der Waals surface area contributed by atoms with Crippen LogP contribution in [-0.4, -0.2) is 26.2 Å². The predicted molar refractivity (Wildman–Crippen MR) is 133 cm³/mol. The molecule has 1 unspecified atom stereocenters. The smallest absolute Gasteiger partial charge is 0.355 e. The third kappa shape index (κ3) is 4.50. The maximum absolute atomic E-state index is 13.1. The van der Waals surface area contributed by atoms with Gasteiger partial charge in [0.1, 0.15) is 23.0 Å². The summed E-state index contributed by atoms with van der Waals surface area (Å²) in [6, 6.07) is 26.9. The number of para-hydroxylation sites is 1. The molecule has 1 atom stereocenters. The van der Waals surface area contributed by atoms with Gasteiger partial charge in [0, 0.05) is 5.69 Å². The Kier molecular flexibility index (Phi) is 7.02. The van der Waals surface area contributed by atoms with Crippen LogP contribution >= 0.6 is 0 Å². The van der Waals surface area contributed by atoms with Crippen molar-refractivity contribution < 1.29 is 23.8 Å². The van der Waals surface area contributed by atoms with Crippen LogP contribution in [0, 0.1) is 11.3 Å². The highest BCUT2D eigenvalue weighted by molar-refractivity contribution is 6.06. The van der Waals surface area contributed by atoms with Crippen molar-refractivity contribution in [3.8, 4) is 17.6 Å². The van der Waals surface area contributed by atoms with Gasteiger partial charge in [0.15, 0.2) is 0 Å². The third-order valence-electron chi connectivity index (χ3n) is 5.68. The van der Waals surface area contributed by atoms with E-state index in [-0.39, 0.29) is 22.7 Å². The molecular formula is C28H23N3O5. The quantitative estimate of drug-likeness (QED) is 0.516. The molecule has 0 bridgehead atoms. The molecule has 8 nitrogen and oxygen atoms in total. The number of allylic oxidation sites excluding steroid dienone is 1. The second-order valence-corrected chi connectivity index (χ2v) is 7.74. The van der Waals surface area contributed by atoms with E-state index in [1.54, 1.807) is 54.6 Å². The standard InChI is InChI=1S/C28H23N3O5/c1-34-27(32)24-23(18-9-5-3-6-10-18)22(17-29)26(30)31(25(24)28(33)35-2)19-13-15-21(16-14-19)36-20-11-7-4-8-12-20/h3-16,23H,30H2,1-2H3. The maximum atomic E-state index is 13.1. The summed E-state index contributed by atoms with van der Waals surface area (Å²) in [5.41, 5.74) is 7.44. The minimum Gasteiger partial charge on any atom is -0.466 e.